The molecule has 0 heterocycles. The van der Waals surface area contributed by atoms with Gasteiger partial charge in [-0.15, -0.1) is 0 Å². The van der Waals surface area contributed by atoms with Crippen LogP contribution in [0.15, 0.2) is 33.6 Å². The Labute approximate surface area is 120 Å². The van der Waals surface area contributed by atoms with E-state index in [-0.39, 0.29) is 0 Å². The summed E-state index contributed by atoms with van der Waals surface area (Å²) in [6.07, 6.45) is 4.92. The fourth-order valence-corrected chi connectivity index (χ4v) is 4.18. The van der Waals surface area contributed by atoms with E-state index in [0.29, 0.717) is 12.0 Å². The summed E-state index contributed by atoms with van der Waals surface area (Å²) in [4.78, 5) is 0.942. The van der Waals surface area contributed by atoms with Gasteiger partial charge in [0.1, 0.15) is 0 Å². The summed E-state index contributed by atoms with van der Waals surface area (Å²) in [6.45, 7) is 0. The molecule has 2 nitrogen and oxygen atoms in total. The molecule has 1 aromatic rings. The lowest BCUT2D eigenvalue weighted by atomic mass is 10.0. The van der Waals surface area contributed by atoms with Gasteiger partial charge >= 0.3 is 0 Å². The van der Waals surface area contributed by atoms with E-state index in [0.717, 1.165) is 21.5 Å². The Bertz CT molecular complexity index is 407. The van der Waals surface area contributed by atoms with Crippen molar-refractivity contribution in [3.63, 3.8) is 0 Å². The smallest absolute Gasteiger partial charge is 0.0529 e. The highest BCUT2D eigenvalue weighted by atomic mass is 79.9. The van der Waals surface area contributed by atoms with Crippen LogP contribution in [0.4, 0.5) is 0 Å². The summed E-state index contributed by atoms with van der Waals surface area (Å²) in [7, 11) is 1.18. The van der Waals surface area contributed by atoms with Crippen molar-refractivity contribution >= 4 is 26.7 Å². The minimum absolute atomic E-state index is 0.631. The molecule has 1 aromatic carbocycles. The molecule has 1 fully saturated rings. The molecule has 0 bridgehead atoms. The summed E-state index contributed by atoms with van der Waals surface area (Å²) in [5.41, 5.74) is 0. The molecule has 0 spiro atoms. The van der Waals surface area contributed by atoms with Crippen molar-refractivity contribution in [2.24, 2.45) is 5.92 Å². The van der Waals surface area contributed by atoms with Crippen molar-refractivity contribution in [2.45, 2.75) is 36.6 Å². The van der Waals surface area contributed by atoms with Crippen molar-refractivity contribution in [3.8, 4) is 0 Å². The molecule has 4 heteroatoms. The van der Waals surface area contributed by atoms with Crippen LogP contribution in [0.5, 0.6) is 0 Å². The normalized spacial score (nSPS) is 25.2. The zero-order valence-corrected chi connectivity index (χ0v) is 13.1. The maximum Gasteiger partial charge on any atom is 0.0529 e. The lowest BCUT2D eigenvalue weighted by Crippen LogP contribution is -2.29. The SMILES string of the molecule is CNC1CCCC1CCS(=O)c1ccc(Br)cc1. The molecule has 0 amide bonds. The average Bonchev–Trinajstić information content (AvgIpc) is 2.84. The topological polar surface area (TPSA) is 29.1 Å². The molecule has 3 atom stereocenters. The van der Waals surface area contributed by atoms with Crippen LogP contribution in [0.3, 0.4) is 0 Å². The van der Waals surface area contributed by atoms with E-state index in [9.17, 15) is 4.21 Å². The lowest BCUT2D eigenvalue weighted by Gasteiger charge is -2.18. The molecule has 1 aliphatic rings. The van der Waals surface area contributed by atoms with E-state index < -0.39 is 10.8 Å². The van der Waals surface area contributed by atoms with Crippen LogP contribution in [0.25, 0.3) is 0 Å². The minimum Gasteiger partial charge on any atom is -0.317 e. The molecule has 0 aliphatic heterocycles. The van der Waals surface area contributed by atoms with E-state index in [1.165, 1.54) is 19.3 Å². The van der Waals surface area contributed by atoms with Crippen molar-refractivity contribution in [3.05, 3.63) is 28.7 Å². The highest BCUT2D eigenvalue weighted by molar-refractivity contribution is 9.10. The Morgan fingerprint density at radius 2 is 2.06 bits per heavy atom. The van der Waals surface area contributed by atoms with Crippen LogP contribution in [-0.4, -0.2) is 23.1 Å². The number of benzene rings is 1. The molecule has 18 heavy (non-hydrogen) atoms. The van der Waals surface area contributed by atoms with Gasteiger partial charge in [-0.3, -0.25) is 4.21 Å². The molecule has 1 saturated carbocycles. The first-order chi connectivity index (χ1) is 8.70. The number of rotatable bonds is 5. The van der Waals surface area contributed by atoms with Crippen molar-refractivity contribution in [1.29, 1.82) is 0 Å². The van der Waals surface area contributed by atoms with Crippen molar-refractivity contribution < 1.29 is 4.21 Å². The predicted octanol–water partition coefficient (Wildman–Crippen LogP) is 3.33. The van der Waals surface area contributed by atoms with E-state index in [2.05, 4.69) is 21.2 Å². The van der Waals surface area contributed by atoms with Crippen LogP contribution < -0.4 is 5.32 Å². The average molecular weight is 330 g/mol. The van der Waals surface area contributed by atoms with Gasteiger partial charge in [0.2, 0.25) is 0 Å². The zero-order chi connectivity index (χ0) is 13.0. The zero-order valence-electron chi connectivity index (χ0n) is 10.7. The monoisotopic (exact) mass is 329 g/mol. The first-order valence-electron chi connectivity index (χ1n) is 6.52. The fourth-order valence-electron chi connectivity index (χ4n) is 2.73. The highest BCUT2D eigenvalue weighted by Crippen LogP contribution is 2.28. The van der Waals surface area contributed by atoms with Gasteiger partial charge in [-0.1, -0.05) is 22.4 Å². The molecule has 0 aromatic heterocycles. The Balaban J connectivity index is 1.86. The summed E-state index contributed by atoms with van der Waals surface area (Å²) >= 11 is 3.40. The van der Waals surface area contributed by atoms with Gasteiger partial charge in [0, 0.05) is 21.2 Å². The van der Waals surface area contributed by atoms with Gasteiger partial charge in [-0.25, -0.2) is 0 Å². The van der Waals surface area contributed by atoms with Gasteiger partial charge < -0.3 is 5.32 Å². The summed E-state index contributed by atoms with van der Waals surface area (Å²) in [5.74, 6) is 1.49. The third kappa shape index (κ3) is 3.65. The molecular weight excluding hydrogens is 310 g/mol. The maximum atomic E-state index is 12.2. The molecule has 0 radical (unpaired) electrons. The quantitative estimate of drug-likeness (QED) is 0.897. The van der Waals surface area contributed by atoms with Gasteiger partial charge in [-0.2, -0.15) is 0 Å². The molecule has 0 saturated heterocycles. The standard InChI is InChI=1S/C14H20BrNOS/c1-16-14-4-2-3-11(14)9-10-18(17)13-7-5-12(15)6-8-13/h5-8,11,14,16H,2-4,9-10H2,1H3. The molecule has 1 N–H and O–H groups in total. The molecule has 2 rings (SSSR count). The number of hydrogen-bond donors (Lipinski definition) is 1. The van der Waals surface area contributed by atoms with Crippen LogP contribution in [0, 0.1) is 5.92 Å². The first-order valence-corrected chi connectivity index (χ1v) is 8.63. The second-order valence-electron chi connectivity index (χ2n) is 4.88. The lowest BCUT2D eigenvalue weighted by molar-refractivity contribution is 0.416. The summed E-state index contributed by atoms with van der Waals surface area (Å²) in [6, 6.07) is 8.44. The third-order valence-corrected chi connectivity index (χ3v) is 5.71. The van der Waals surface area contributed by atoms with Crippen molar-refractivity contribution in [1.82, 2.24) is 5.32 Å². The number of hydrogen-bond acceptors (Lipinski definition) is 2. The fraction of sp³-hybridized carbons (Fsp3) is 0.571. The van der Waals surface area contributed by atoms with Gasteiger partial charge in [0.05, 0.1) is 10.8 Å². The minimum atomic E-state index is -0.853. The summed E-state index contributed by atoms with van der Waals surface area (Å²) < 4.78 is 13.2. The van der Waals surface area contributed by atoms with E-state index in [4.69, 9.17) is 0 Å². The molecule has 1 aliphatic carbocycles. The predicted molar refractivity (Wildman–Crippen MR) is 80.2 cm³/mol. The van der Waals surface area contributed by atoms with Crippen LogP contribution in [0.2, 0.25) is 0 Å². The van der Waals surface area contributed by atoms with Crippen LogP contribution in [-0.2, 0) is 10.8 Å². The van der Waals surface area contributed by atoms with E-state index >= 15 is 0 Å². The van der Waals surface area contributed by atoms with Gasteiger partial charge in [-0.05, 0) is 56.5 Å². The number of nitrogens with one attached hydrogen (secondary N) is 1. The summed E-state index contributed by atoms with van der Waals surface area (Å²) in [5, 5.41) is 3.38. The number of halogens is 1. The Morgan fingerprint density at radius 1 is 1.33 bits per heavy atom. The Hall–Kier alpha value is -0.190. The molecule has 100 valence electrons. The maximum absolute atomic E-state index is 12.2. The van der Waals surface area contributed by atoms with Crippen molar-refractivity contribution in [2.75, 3.05) is 12.8 Å². The van der Waals surface area contributed by atoms with Gasteiger partial charge in [0.25, 0.3) is 0 Å². The second kappa shape index (κ2) is 6.83. The largest absolute Gasteiger partial charge is 0.317 e. The van der Waals surface area contributed by atoms with Crippen LogP contribution in [0.1, 0.15) is 25.7 Å². The van der Waals surface area contributed by atoms with E-state index in [1.807, 2.05) is 31.3 Å². The molecule has 3 unspecified atom stereocenters. The van der Waals surface area contributed by atoms with Gasteiger partial charge in [0.15, 0.2) is 0 Å². The van der Waals surface area contributed by atoms with Crippen LogP contribution >= 0.6 is 15.9 Å². The highest BCUT2D eigenvalue weighted by Gasteiger charge is 2.25. The third-order valence-electron chi connectivity index (χ3n) is 3.78. The van der Waals surface area contributed by atoms with E-state index in [1.54, 1.807) is 0 Å². The second-order valence-corrected chi connectivity index (χ2v) is 7.36. The Morgan fingerprint density at radius 3 is 2.72 bits per heavy atom. The Kier molecular flexibility index (Phi) is 5.39. The molecular formula is C14H20BrNOS. The first kappa shape index (κ1) is 14.2.